The molecule has 15 heavy (non-hydrogen) atoms. The molecule has 1 atom stereocenters. The largest absolute Gasteiger partial charge is 0.310 e. The molecule has 0 amide bonds. The van der Waals surface area contributed by atoms with Crippen LogP contribution in [-0.2, 0) is 0 Å². The predicted molar refractivity (Wildman–Crippen MR) is 64.7 cm³/mol. The van der Waals surface area contributed by atoms with Crippen molar-refractivity contribution in [2.24, 2.45) is 5.92 Å². The van der Waals surface area contributed by atoms with Crippen LogP contribution in [-0.4, -0.2) is 11.5 Å². The molecule has 0 aromatic carbocycles. The van der Waals surface area contributed by atoms with Gasteiger partial charge in [-0.05, 0) is 37.1 Å². The van der Waals surface area contributed by atoms with Crippen LogP contribution in [0.1, 0.15) is 45.2 Å². The first kappa shape index (κ1) is 12.2. The molecule has 0 fully saturated rings. The number of aromatic nitrogens is 1. The summed E-state index contributed by atoms with van der Waals surface area (Å²) in [5.41, 5.74) is 1.32. The highest BCUT2D eigenvalue weighted by Gasteiger charge is 2.07. The van der Waals surface area contributed by atoms with E-state index in [2.05, 4.69) is 43.2 Å². The Morgan fingerprint density at radius 1 is 1.20 bits per heavy atom. The molecule has 1 rings (SSSR count). The van der Waals surface area contributed by atoms with Gasteiger partial charge in [0.2, 0.25) is 0 Å². The topological polar surface area (TPSA) is 24.9 Å². The number of hydrogen-bond acceptors (Lipinski definition) is 2. The number of nitrogens with one attached hydrogen (secondary N) is 1. The van der Waals surface area contributed by atoms with E-state index < -0.39 is 0 Å². The highest BCUT2D eigenvalue weighted by Crippen LogP contribution is 2.12. The first-order chi connectivity index (χ1) is 7.27. The molecule has 1 unspecified atom stereocenters. The molecule has 2 heteroatoms. The SMILES string of the molecule is CCC(CC)CNC(C)c1ccncc1. The Kier molecular flexibility index (Phi) is 5.33. The maximum atomic E-state index is 4.03. The van der Waals surface area contributed by atoms with Crippen LogP contribution in [0.4, 0.5) is 0 Å². The minimum atomic E-state index is 0.425. The van der Waals surface area contributed by atoms with Crippen molar-refractivity contribution < 1.29 is 0 Å². The summed E-state index contributed by atoms with van der Waals surface area (Å²) in [5.74, 6) is 0.800. The van der Waals surface area contributed by atoms with Crippen molar-refractivity contribution in [1.29, 1.82) is 0 Å². The summed E-state index contributed by atoms with van der Waals surface area (Å²) < 4.78 is 0. The molecule has 0 aliphatic carbocycles. The van der Waals surface area contributed by atoms with Gasteiger partial charge in [0, 0.05) is 18.4 Å². The molecule has 1 N–H and O–H groups in total. The van der Waals surface area contributed by atoms with Crippen LogP contribution in [0.5, 0.6) is 0 Å². The molecule has 0 spiro atoms. The van der Waals surface area contributed by atoms with Gasteiger partial charge in [0.05, 0.1) is 0 Å². The van der Waals surface area contributed by atoms with Gasteiger partial charge in [-0.2, -0.15) is 0 Å². The minimum Gasteiger partial charge on any atom is -0.310 e. The summed E-state index contributed by atoms with van der Waals surface area (Å²) in [4.78, 5) is 4.03. The molecule has 1 heterocycles. The monoisotopic (exact) mass is 206 g/mol. The smallest absolute Gasteiger partial charge is 0.0293 e. The molecule has 1 aromatic rings. The van der Waals surface area contributed by atoms with E-state index in [1.54, 1.807) is 0 Å². The number of nitrogens with zero attached hydrogens (tertiary/aromatic N) is 1. The van der Waals surface area contributed by atoms with Crippen LogP contribution in [0.15, 0.2) is 24.5 Å². The van der Waals surface area contributed by atoms with Gasteiger partial charge in [-0.25, -0.2) is 0 Å². The van der Waals surface area contributed by atoms with Gasteiger partial charge >= 0.3 is 0 Å². The quantitative estimate of drug-likeness (QED) is 0.773. The van der Waals surface area contributed by atoms with E-state index in [0.717, 1.165) is 12.5 Å². The molecular formula is C13H22N2. The number of pyridine rings is 1. The lowest BCUT2D eigenvalue weighted by Crippen LogP contribution is -2.25. The molecule has 0 aliphatic rings. The summed E-state index contributed by atoms with van der Waals surface area (Å²) in [5, 5.41) is 3.57. The first-order valence-electron chi connectivity index (χ1n) is 5.91. The van der Waals surface area contributed by atoms with Gasteiger partial charge in [0.25, 0.3) is 0 Å². The average Bonchev–Trinajstić information content (AvgIpc) is 2.31. The molecule has 84 valence electrons. The van der Waals surface area contributed by atoms with Crippen LogP contribution < -0.4 is 5.32 Å². The molecule has 0 bridgehead atoms. The average molecular weight is 206 g/mol. The summed E-state index contributed by atoms with van der Waals surface area (Å²) in [6.45, 7) is 7.83. The zero-order chi connectivity index (χ0) is 11.1. The van der Waals surface area contributed by atoms with Gasteiger partial charge in [-0.3, -0.25) is 4.98 Å². The van der Waals surface area contributed by atoms with Crippen molar-refractivity contribution in [3.05, 3.63) is 30.1 Å². The lowest BCUT2D eigenvalue weighted by Gasteiger charge is -2.18. The van der Waals surface area contributed by atoms with Gasteiger partial charge in [-0.15, -0.1) is 0 Å². The summed E-state index contributed by atoms with van der Waals surface area (Å²) >= 11 is 0. The van der Waals surface area contributed by atoms with Crippen LogP contribution in [0, 0.1) is 5.92 Å². The second kappa shape index (κ2) is 6.57. The van der Waals surface area contributed by atoms with E-state index in [0.29, 0.717) is 6.04 Å². The Morgan fingerprint density at radius 3 is 2.33 bits per heavy atom. The van der Waals surface area contributed by atoms with Crippen LogP contribution >= 0.6 is 0 Å². The lowest BCUT2D eigenvalue weighted by molar-refractivity contribution is 0.422. The summed E-state index contributed by atoms with van der Waals surface area (Å²) in [7, 11) is 0. The molecule has 0 saturated heterocycles. The Hall–Kier alpha value is -0.890. The predicted octanol–water partition coefficient (Wildman–Crippen LogP) is 3.17. The van der Waals surface area contributed by atoms with Crippen molar-refractivity contribution >= 4 is 0 Å². The van der Waals surface area contributed by atoms with Crippen LogP contribution in [0.2, 0.25) is 0 Å². The second-order valence-electron chi connectivity index (χ2n) is 4.09. The van der Waals surface area contributed by atoms with Gasteiger partial charge in [0.15, 0.2) is 0 Å². The Labute approximate surface area is 93.1 Å². The molecule has 0 radical (unpaired) electrons. The van der Waals surface area contributed by atoms with Crippen LogP contribution in [0.25, 0.3) is 0 Å². The van der Waals surface area contributed by atoms with E-state index >= 15 is 0 Å². The zero-order valence-corrected chi connectivity index (χ0v) is 10.0. The second-order valence-corrected chi connectivity index (χ2v) is 4.09. The normalized spacial score (nSPS) is 13.1. The third kappa shape index (κ3) is 4.00. The van der Waals surface area contributed by atoms with E-state index in [1.807, 2.05) is 12.4 Å². The van der Waals surface area contributed by atoms with Crippen molar-refractivity contribution in [2.75, 3.05) is 6.54 Å². The molecule has 1 aromatic heterocycles. The van der Waals surface area contributed by atoms with Gasteiger partial charge in [0.1, 0.15) is 0 Å². The molecular weight excluding hydrogens is 184 g/mol. The highest BCUT2D eigenvalue weighted by atomic mass is 14.9. The maximum absolute atomic E-state index is 4.03. The fourth-order valence-corrected chi connectivity index (χ4v) is 1.69. The van der Waals surface area contributed by atoms with E-state index in [4.69, 9.17) is 0 Å². The van der Waals surface area contributed by atoms with Crippen molar-refractivity contribution in [2.45, 2.75) is 39.7 Å². The Morgan fingerprint density at radius 2 is 1.80 bits per heavy atom. The number of rotatable bonds is 6. The third-order valence-corrected chi connectivity index (χ3v) is 3.07. The van der Waals surface area contributed by atoms with Crippen LogP contribution in [0.3, 0.4) is 0 Å². The van der Waals surface area contributed by atoms with E-state index in [9.17, 15) is 0 Å². The van der Waals surface area contributed by atoms with E-state index in [-0.39, 0.29) is 0 Å². The highest BCUT2D eigenvalue weighted by molar-refractivity contribution is 5.13. The van der Waals surface area contributed by atoms with Gasteiger partial charge in [-0.1, -0.05) is 26.7 Å². The Balaban J connectivity index is 2.39. The maximum Gasteiger partial charge on any atom is 0.0293 e. The molecule has 0 saturated carbocycles. The van der Waals surface area contributed by atoms with Crippen molar-refractivity contribution in [3.63, 3.8) is 0 Å². The molecule has 2 nitrogen and oxygen atoms in total. The van der Waals surface area contributed by atoms with Crippen molar-refractivity contribution in [3.8, 4) is 0 Å². The lowest BCUT2D eigenvalue weighted by atomic mass is 10.0. The molecule has 0 aliphatic heterocycles. The van der Waals surface area contributed by atoms with Gasteiger partial charge < -0.3 is 5.32 Å². The van der Waals surface area contributed by atoms with E-state index in [1.165, 1.54) is 18.4 Å². The summed E-state index contributed by atoms with van der Waals surface area (Å²) in [6, 6.07) is 4.57. The first-order valence-corrected chi connectivity index (χ1v) is 5.91. The standard InChI is InChI=1S/C13H22N2/c1-4-12(5-2)10-15-11(3)13-6-8-14-9-7-13/h6-9,11-12,15H,4-5,10H2,1-3H3. The number of hydrogen-bond donors (Lipinski definition) is 1. The van der Waals surface area contributed by atoms with Crippen molar-refractivity contribution in [1.82, 2.24) is 10.3 Å². The zero-order valence-electron chi connectivity index (χ0n) is 10.0. The Bertz CT molecular complexity index is 254. The minimum absolute atomic E-state index is 0.425. The fraction of sp³-hybridized carbons (Fsp3) is 0.615. The fourth-order valence-electron chi connectivity index (χ4n) is 1.69. The third-order valence-electron chi connectivity index (χ3n) is 3.07. The summed E-state index contributed by atoms with van der Waals surface area (Å²) in [6.07, 6.45) is 6.22.